The Morgan fingerprint density at radius 2 is 2.11 bits per heavy atom. The van der Waals surface area contributed by atoms with Gasteiger partial charge in [0.2, 0.25) is 0 Å². The molecule has 0 aromatic heterocycles. The largest absolute Gasteiger partial charge is 0.482 e. The summed E-state index contributed by atoms with van der Waals surface area (Å²) in [7, 11) is 0. The minimum Gasteiger partial charge on any atom is -0.482 e. The number of esters is 1. The molecule has 1 heterocycles. The van der Waals surface area contributed by atoms with E-state index in [0.717, 1.165) is 0 Å². The van der Waals surface area contributed by atoms with Crippen LogP contribution in [0.3, 0.4) is 0 Å². The highest BCUT2D eigenvalue weighted by Gasteiger charge is 2.21. The lowest BCUT2D eigenvalue weighted by molar-refractivity contribution is -0.118. The van der Waals surface area contributed by atoms with E-state index >= 15 is 0 Å². The van der Waals surface area contributed by atoms with Crippen LogP contribution in [-0.2, 0) is 9.53 Å². The predicted molar refractivity (Wildman–Crippen MR) is 65.7 cm³/mol. The van der Waals surface area contributed by atoms with Gasteiger partial charge in [-0.15, -0.1) is 0 Å². The normalized spacial score (nSPS) is 14.3. The number of amides is 1. The van der Waals surface area contributed by atoms with Crippen LogP contribution in [0.25, 0.3) is 0 Å². The first-order chi connectivity index (χ1) is 8.35. The van der Waals surface area contributed by atoms with Crippen LogP contribution < -0.4 is 10.1 Å². The van der Waals surface area contributed by atoms with Gasteiger partial charge in [-0.2, -0.15) is 0 Å². The van der Waals surface area contributed by atoms with Crippen molar-refractivity contribution in [3.05, 3.63) is 23.8 Å². The second kappa shape index (κ2) is 4.33. The third-order valence-electron chi connectivity index (χ3n) is 2.25. The van der Waals surface area contributed by atoms with Gasteiger partial charge in [0.15, 0.2) is 6.61 Å². The molecule has 1 aromatic carbocycles. The number of hydrogen-bond acceptors (Lipinski definition) is 4. The minimum atomic E-state index is -0.540. The Kier molecular flexibility index (Phi) is 2.98. The standard InChI is InChI=1S/C13H15NO4/c1-13(2,3)18-12(16)8-4-5-9-10(6-8)17-7-11(15)14-9/h4-6H,7H2,1-3H3,(H,14,15). The maximum absolute atomic E-state index is 11.8. The molecule has 0 unspecified atom stereocenters. The van der Waals surface area contributed by atoms with Crippen molar-refractivity contribution < 1.29 is 19.1 Å². The lowest BCUT2D eigenvalue weighted by Gasteiger charge is -2.21. The van der Waals surface area contributed by atoms with E-state index in [1.165, 1.54) is 0 Å². The number of carbonyl (C=O) groups excluding carboxylic acids is 2. The maximum Gasteiger partial charge on any atom is 0.338 e. The van der Waals surface area contributed by atoms with E-state index in [0.29, 0.717) is 17.0 Å². The van der Waals surface area contributed by atoms with Gasteiger partial charge in [-0.3, -0.25) is 4.79 Å². The van der Waals surface area contributed by atoms with Gasteiger partial charge in [0, 0.05) is 0 Å². The molecule has 1 N–H and O–H groups in total. The molecule has 1 aliphatic rings. The first-order valence-electron chi connectivity index (χ1n) is 5.65. The zero-order chi connectivity index (χ0) is 13.3. The molecule has 0 aliphatic carbocycles. The third-order valence-corrected chi connectivity index (χ3v) is 2.25. The van der Waals surface area contributed by atoms with Crippen molar-refractivity contribution >= 4 is 17.6 Å². The lowest BCUT2D eigenvalue weighted by Crippen LogP contribution is -2.26. The molecular weight excluding hydrogens is 234 g/mol. The summed E-state index contributed by atoms with van der Waals surface area (Å²) < 4.78 is 10.5. The molecule has 0 saturated carbocycles. The molecule has 5 heteroatoms. The van der Waals surface area contributed by atoms with Crippen molar-refractivity contribution in [3.8, 4) is 5.75 Å². The average Bonchev–Trinajstić information content (AvgIpc) is 2.26. The molecule has 0 radical (unpaired) electrons. The summed E-state index contributed by atoms with van der Waals surface area (Å²) in [6, 6.07) is 4.80. The van der Waals surface area contributed by atoms with Gasteiger partial charge in [0.1, 0.15) is 11.4 Å². The summed E-state index contributed by atoms with van der Waals surface area (Å²) in [5.74, 6) is -0.128. The van der Waals surface area contributed by atoms with E-state index in [1.54, 1.807) is 39.0 Å². The van der Waals surface area contributed by atoms with Crippen LogP contribution in [0.15, 0.2) is 18.2 Å². The van der Waals surface area contributed by atoms with Crippen LogP contribution in [0, 0.1) is 0 Å². The Hall–Kier alpha value is -2.04. The average molecular weight is 249 g/mol. The van der Waals surface area contributed by atoms with Crippen LogP contribution >= 0.6 is 0 Å². The van der Waals surface area contributed by atoms with E-state index in [-0.39, 0.29) is 12.5 Å². The molecule has 18 heavy (non-hydrogen) atoms. The quantitative estimate of drug-likeness (QED) is 0.773. The van der Waals surface area contributed by atoms with Gasteiger partial charge in [-0.1, -0.05) is 0 Å². The Balaban J connectivity index is 2.21. The highest BCUT2D eigenvalue weighted by molar-refractivity contribution is 5.97. The Morgan fingerprint density at radius 3 is 2.78 bits per heavy atom. The summed E-state index contributed by atoms with van der Waals surface area (Å²) in [6.07, 6.45) is 0. The molecule has 2 rings (SSSR count). The van der Waals surface area contributed by atoms with Gasteiger partial charge in [0.05, 0.1) is 11.3 Å². The monoisotopic (exact) mass is 249 g/mol. The molecule has 0 fully saturated rings. The van der Waals surface area contributed by atoms with Crippen LogP contribution in [0.5, 0.6) is 5.75 Å². The van der Waals surface area contributed by atoms with Crippen molar-refractivity contribution in [1.29, 1.82) is 0 Å². The smallest absolute Gasteiger partial charge is 0.338 e. The number of rotatable bonds is 1. The zero-order valence-electron chi connectivity index (χ0n) is 10.6. The number of anilines is 1. The SMILES string of the molecule is CC(C)(C)OC(=O)c1ccc2c(c1)OCC(=O)N2. The summed E-state index contributed by atoms with van der Waals surface area (Å²) in [5, 5.41) is 2.66. The number of carbonyl (C=O) groups is 2. The Labute approximate surface area is 105 Å². The maximum atomic E-state index is 11.8. The van der Waals surface area contributed by atoms with Gasteiger partial charge < -0.3 is 14.8 Å². The number of hydrogen-bond donors (Lipinski definition) is 1. The molecule has 0 spiro atoms. The fourth-order valence-corrected chi connectivity index (χ4v) is 1.54. The van der Waals surface area contributed by atoms with Crippen molar-refractivity contribution in [2.75, 3.05) is 11.9 Å². The van der Waals surface area contributed by atoms with Crippen LogP contribution in [0.1, 0.15) is 31.1 Å². The van der Waals surface area contributed by atoms with Crippen LogP contribution in [0.4, 0.5) is 5.69 Å². The minimum absolute atomic E-state index is 0.0369. The van der Waals surface area contributed by atoms with Gasteiger partial charge >= 0.3 is 5.97 Å². The van der Waals surface area contributed by atoms with Gasteiger partial charge in [-0.25, -0.2) is 4.79 Å². The van der Waals surface area contributed by atoms with Crippen molar-refractivity contribution in [1.82, 2.24) is 0 Å². The summed E-state index contributed by atoms with van der Waals surface area (Å²) in [4.78, 5) is 22.9. The predicted octanol–water partition coefficient (Wildman–Crippen LogP) is 1.97. The molecule has 96 valence electrons. The third kappa shape index (κ3) is 2.80. The van der Waals surface area contributed by atoms with E-state index < -0.39 is 11.6 Å². The summed E-state index contributed by atoms with van der Waals surface area (Å²) in [5.41, 5.74) is 0.431. The van der Waals surface area contributed by atoms with E-state index in [4.69, 9.17) is 9.47 Å². The number of nitrogens with one attached hydrogen (secondary N) is 1. The molecule has 0 atom stereocenters. The first kappa shape index (κ1) is 12.4. The molecule has 0 saturated heterocycles. The first-order valence-corrected chi connectivity index (χ1v) is 5.65. The van der Waals surface area contributed by atoms with Crippen LogP contribution in [0.2, 0.25) is 0 Å². The molecule has 5 nitrogen and oxygen atoms in total. The molecule has 1 aliphatic heterocycles. The topological polar surface area (TPSA) is 64.6 Å². The van der Waals surface area contributed by atoms with E-state index in [9.17, 15) is 9.59 Å². The van der Waals surface area contributed by atoms with Gasteiger partial charge in [0.25, 0.3) is 5.91 Å². The molecular formula is C13H15NO4. The van der Waals surface area contributed by atoms with E-state index in [2.05, 4.69) is 5.32 Å². The Bertz CT molecular complexity index is 502. The highest BCUT2D eigenvalue weighted by atomic mass is 16.6. The zero-order valence-corrected chi connectivity index (χ0v) is 10.6. The van der Waals surface area contributed by atoms with Gasteiger partial charge in [-0.05, 0) is 39.0 Å². The number of benzene rings is 1. The number of fused-ring (bicyclic) bond motifs is 1. The summed E-state index contributed by atoms with van der Waals surface area (Å²) in [6.45, 7) is 5.38. The fraction of sp³-hybridized carbons (Fsp3) is 0.385. The van der Waals surface area contributed by atoms with E-state index in [1.807, 2.05) is 0 Å². The summed E-state index contributed by atoms with van der Waals surface area (Å²) >= 11 is 0. The van der Waals surface area contributed by atoms with Crippen molar-refractivity contribution in [3.63, 3.8) is 0 Å². The number of ether oxygens (including phenoxy) is 2. The van der Waals surface area contributed by atoms with Crippen molar-refractivity contribution in [2.24, 2.45) is 0 Å². The van der Waals surface area contributed by atoms with Crippen molar-refractivity contribution in [2.45, 2.75) is 26.4 Å². The second-order valence-corrected chi connectivity index (χ2v) is 5.05. The lowest BCUT2D eigenvalue weighted by atomic mass is 10.1. The highest BCUT2D eigenvalue weighted by Crippen LogP contribution is 2.29. The molecule has 1 amide bonds. The fourth-order valence-electron chi connectivity index (χ4n) is 1.54. The molecule has 0 bridgehead atoms. The second-order valence-electron chi connectivity index (χ2n) is 5.05. The molecule has 1 aromatic rings. The Morgan fingerprint density at radius 1 is 1.39 bits per heavy atom. The van der Waals surface area contributed by atoms with Crippen LogP contribution in [-0.4, -0.2) is 24.1 Å².